The molecule has 0 N–H and O–H groups in total. The molecule has 0 heterocycles. The molecule has 1 saturated carbocycles. The average Bonchev–Trinajstić information content (AvgIpc) is 3.27. The first-order valence-electron chi connectivity index (χ1n) is 7.79. The zero-order chi connectivity index (χ0) is 16.9. The van der Waals surface area contributed by atoms with E-state index in [-0.39, 0.29) is 17.8 Å². The van der Waals surface area contributed by atoms with Crippen LogP contribution < -0.4 is 0 Å². The quantitative estimate of drug-likeness (QED) is 0.744. The fraction of sp³-hybridized carbons (Fsp3) is 0.300. The lowest BCUT2D eigenvalue weighted by molar-refractivity contribution is 0.294. The predicted octanol–water partition coefficient (Wildman–Crippen LogP) is 3.20. The average molecular weight is 308 g/mol. The molecule has 0 saturated heterocycles. The fourth-order valence-corrected chi connectivity index (χ4v) is 4.92. The highest BCUT2D eigenvalue weighted by Crippen LogP contribution is 2.71. The van der Waals surface area contributed by atoms with Crippen molar-refractivity contribution >= 4 is 5.57 Å². The van der Waals surface area contributed by atoms with Crippen LogP contribution in [0.2, 0.25) is 0 Å². The molecule has 0 amide bonds. The molecule has 4 atom stereocenters. The Morgan fingerprint density at radius 2 is 1.42 bits per heavy atom. The summed E-state index contributed by atoms with van der Waals surface area (Å²) in [4.78, 5) is 0. The van der Waals surface area contributed by atoms with Gasteiger partial charge in [0.1, 0.15) is 0 Å². The maximum absolute atomic E-state index is 9.93. The zero-order valence-corrected chi connectivity index (χ0v) is 12.7. The minimum Gasteiger partial charge on any atom is -0.196 e. The second kappa shape index (κ2) is 4.58. The second-order valence-corrected chi connectivity index (χ2v) is 6.59. The Hall–Kier alpha value is -3.34. The van der Waals surface area contributed by atoms with Crippen molar-refractivity contribution in [3.05, 3.63) is 54.1 Å². The summed E-state index contributed by atoms with van der Waals surface area (Å²) in [5.41, 5.74) is -1.43. The van der Waals surface area contributed by atoms with Gasteiger partial charge in [-0.2, -0.15) is 21.0 Å². The van der Waals surface area contributed by atoms with Gasteiger partial charge in [0.05, 0.1) is 24.3 Å². The van der Waals surface area contributed by atoms with E-state index in [2.05, 4.69) is 30.4 Å². The van der Waals surface area contributed by atoms with Crippen molar-refractivity contribution in [3.63, 3.8) is 0 Å². The molecular weight excluding hydrogens is 296 g/mol. The van der Waals surface area contributed by atoms with Crippen molar-refractivity contribution in [3.8, 4) is 24.3 Å². The van der Waals surface area contributed by atoms with Gasteiger partial charge < -0.3 is 0 Å². The number of hydrogen-bond acceptors (Lipinski definition) is 4. The Morgan fingerprint density at radius 1 is 0.792 bits per heavy atom. The minimum absolute atomic E-state index is 0.0693. The maximum atomic E-state index is 9.93. The Bertz CT molecular complexity index is 915. The second-order valence-electron chi connectivity index (χ2n) is 6.59. The van der Waals surface area contributed by atoms with E-state index >= 15 is 0 Å². The van der Waals surface area contributed by atoms with Crippen LogP contribution in [-0.4, -0.2) is 0 Å². The van der Waals surface area contributed by atoms with Gasteiger partial charge in [0, 0.05) is 11.8 Å². The Balaban J connectivity index is 2.01. The summed E-state index contributed by atoms with van der Waals surface area (Å²) >= 11 is 0. The van der Waals surface area contributed by atoms with Crippen molar-refractivity contribution in [2.75, 3.05) is 0 Å². The lowest BCUT2D eigenvalue weighted by atomic mass is 9.61. The summed E-state index contributed by atoms with van der Waals surface area (Å²) in [5.74, 6) is -0.822. The highest BCUT2D eigenvalue weighted by atomic mass is 14.7. The molecule has 0 aromatic heterocycles. The zero-order valence-electron chi connectivity index (χ0n) is 12.7. The van der Waals surface area contributed by atoms with Crippen molar-refractivity contribution in [2.45, 2.75) is 0 Å². The Kier molecular flexibility index (Phi) is 2.72. The molecule has 0 spiro atoms. The first-order chi connectivity index (χ1) is 11.7. The molecule has 1 aromatic rings. The van der Waals surface area contributed by atoms with Crippen molar-refractivity contribution in [1.29, 1.82) is 21.0 Å². The lowest BCUT2D eigenvalue weighted by Crippen LogP contribution is -2.40. The van der Waals surface area contributed by atoms with Gasteiger partial charge in [-0.05, 0) is 23.0 Å². The van der Waals surface area contributed by atoms with Gasteiger partial charge in [-0.3, -0.25) is 0 Å². The van der Waals surface area contributed by atoms with Gasteiger partial charge >= 0.3 is 0 Å². The molecule has 0 radical (unpaired) electrons. The lowest BCUT2D eigenvalue weighted by Gasteiger charge is -2.30. The molecule has 1 aromatic carbocycles. The summed E-state index contributed by atoms with van der Waals surface area (Å²) in [7, 11) is 0. The van der Waals surface area contributed by atoms with E-state index in [1.807, 2.05) is 42.5 Å². The van der Waals surface area contributed by atoms with E-state index in [0.717, 1.165) is 11.1 Å². The molecule has 1 fully saturated rings. The molecule has 112 valence electrons. The number of allylic oxidation sites excluding steroid dienone is 4. The Morgan fingerprint density at radius 3 is 2.00 bits per heavy atom. The van der Waals surface area contributed by atoms with Crippen molar-refractivity contribution in [2.24, 2.45) is 34.5 Å². The SMILES string of the molecule is N#CC1(C#N)[C@@H]2C=C[C@H]3C=C(c4ccccc4)[C@H]([C@H]32)C1(C#N)C#N. The number of benzene rings is 1. The van der Waals surface area contributed by atoms with E-state index in [9.17, 15) is 21.0 Å². The van der Waals surface area contributed by atoms with Crippen LogP contribution >= 0.6 is 0 Å². The summed E-state index contributed by atoms with van der Waals surface area (Å²) in [6.45, 7) is 0. The molecule has 0 aliphatic heterocycles. The molecule has 0 bridgehead atoms. The number of nitriles is 4. The van der Waals surface area contributed by atoms with Crippen LogP contribution in [0.5, 0.6) is 0 Å². The van der Waals surface area contributed by atoms with Crippen LogP contribution in [-0.2, 0) is 0 Å². The molecule has 24 heavy (non-hydrogen) atoms. The van der Waals surface area contributed by atoms with Crippen LogP contribution in [0, 0.1) is 79.8 Å². The van der Waals surface area contributed by atoms with Crippen LogP contribution in [0.25, 0.3) is 5.57 Å². The van der Waals surface area contributed by atoms with Gasteiger partial charge in [-0.25, -0.2) is 0 Å². The number of rotatable bonds is 1. The minimum atomic E-state index is -1.66. The molecule has 4 rings (SSSR count). The van der Waals surface area contributed by atoms with Gasteiger partial charge in [0.15, 0.2) is 10.8 Å². The summed E-state index contributed by atoms with van der Waals surface area (Å²) in [6, 6.07) is 17.9. The largest absolute Gasteiger partial charge is 0.196 e. The first kappa shape index (κ1) is 14.3. The molecular formula is C20H12N4. The number of hydrogen-bond donors (Lipinski definition) is 0. The van der Waals surface area contributed by atoms with E-state index in [0.29, 0.717) is 0 Å². The third-order valence-corrected chi connectivity index (χ3v) is 5.89. The fourth-order valence-electron chi connectivity index (χ4n) is 4.92. The normalized spacial score (nSPS) is 32.8. The molecule has 3 aliphatic rings. The van der Waals surface area contributed by atoms with Gasteiger partial charge in [0.2, 0.25) is 0 Å². The topological polar surface area (TPSA) is 95.2 Å². The highest BCUT2D eigenvalue weighted by molar-refractivity contribution is 5.75. The first-order valence-corrected chi connectivity index (χ1v) is 7.79. The van der Waals surface area contributed by atoms with Gasteiger partial charge in [-0.15, -0.1) is 0 Å². The van der Waals surface area contributed by atoms with Crippen LogP contribution in [0.4, 0.5) is 0 Å². The van der Waals surface area contributed by atoms with Gasteiger partial charge in [0.25, 0.3) is 0 Å². The highest BCUT2D eigenvalue weighted by Gasteiger charge is 2.75. The summed E-state index contributed by atoms with van der Waals surface area (Å²) < 4.78 is 0. The van der Waals surface area contributed by atoms with E-state index in [1.165, 1.54) is 0 Å². The van der Waals surface area contributed by atoms with Crippen LogP contribution in [0.3, 0.4) is 0 Å². The maximum Gasteiger partial charge on any atom is 0.183 e. The monoisotopic (exact) mass is 308 g/mol. The molecule has 4 nitrogen and oxygen atoms in total. The summed E-state index contributed by atoms with van der Waals surface area (Å²) in [6.07, 6.45) is 5.98. The molecule has 0 unspecified atom stereocenters. The summed E-state index contributed by atoms with van der Waals surface area (Å²) in [5, 5.41) is 39.5. The Labute approximate surface area is 140 Å². The predicted molar refractivity (Wildman–Crippen MR) is 84.8 cm³/mol. The molecule has 3 aliphatic carbocycles. The van der Waals surface area contributed by atoms with Crippen molar-refractivity contribution in [1.82, 2.24) is 0 Å². The van der Waals surface area contributed by atoms with Crippen LogP contribution in [0.15, 0.2) is 48.6 Å². The molecule has 4 heteroatoms. The third-order valence-electron chi connectivity index (χ3n) is 5.89. The van der Waals surface area contributed by atoms with Gasteiger partial charge in [-0.1, -0.05) is 48.6 Å². The third kappa shape index (κ3) is 1.31. The smallest absolute Gasteiger partial charge is 0.183 e. The number of nitrogens with zero attached hydrogens (tertiary/aromatic N) is 4. The van der Waals surface area contributed by atoms with Crippen LogP contribution in [0.1, 0.15) is 5.56 Å². The standard InChI is InChI=1S/C20H12N4/c21-9-19(10-22)16-7-6-14-8-15(13-4-2-1-3-5-13)18(17(14)16)20(19,11-23)12-24/h1-8,14,16-18H/t14-,16+,17+,18+/m0/s1. The van der Waals surface area contributed by atoms with E-state index < -0.39 is 16.7 Å². The van der Waals surface area contributed by atoms with Crippen molar-refractivity contribution < 1.29 is 0 Å². The van der Waals surface area contributed by atoms with E-state index in [1.54, 1.807) is 0 Å². The van der Waals surface area contributed by atoms with E-state index in [4.69, 9.17) is 0 Å².